The Morgan fingerprint density at radius 2 is 1.85 bits per heavy atom. The number of nitrogens with one attached hydrogen (secondary N) is 1. The molecule has 5 nitrogen and oxygen atoms in total. The largest absolute Gasteiger partial charge is 0.352 e. The van der Waals surface area contributed by atoms with Gasteiger partial charge in [0.2, 0.25) is 5.91 Å². The zero-order valence-electron chi connectivity index (χ0n) is 15.6. The summed E-state index contributed by atoms with van der Waals surface area (Å²) in [6.07, 6.45) is 5.65. The number of amides is 1. The topological polar surface area (TPSA) is 60.5 Å². The second-order valence-electron chi connectivity index (χ2n) is 6.72. The third kappa shape index (κ3) is 4.22. The molecule has 1 aromatic carbocycles. The van der Waals surface area contributed by atoms with Crippen molar-refractivity contribution >= 4 is 22.5 Å². The Labute approximate surface area is 155 Å². The van der Waals surface area contributed by atoms with Crippen LogP contribution in [0.4, 0.5) is 5.69 Å². The first kappa shape index (κ1) is 18.8. The molecule has 1 amide bonds. The van der Waals surface area contributed by atoms with Crippen LogP contribution in [0, 0.1) is 11.8 Å². The zero-order chi connectivity index (χ0) is 18.4. The van der Waals surface area contributed by atoms with Crippen LogP contribution in [0.15, 0.2) is 36.5 Å². The number of fused-ring (bicyclic) bond motifs is 1. The van der Waals surface area contributed by atoms with Crippen LogP contribution in [0.2, 0.25) is 0 Å². The van der Waals surface area contributed by atoms with E-state index in [1.54, 1.807) is 6.20 Å². The van der Waals surface area contributed by atoms with E-state index in [1.807, 2.05) is 44.2 Å². The number of carbonyl (C=O) groups is 1. The van der Waals surface area contributed by atoms with Gasteiger partial charge in [-0.05, 0) is 44.7 Å². The summed E-state index contributed by atoms with van der Waals surface area (Å²) in [7, 11) is 0. The summed E-state index contributed by atoms with van der Waals surface area (Å²) in [6, 6.07) is 9.73. The van der Waals surface area contributed by atoms with Crippen molar-refractivity contribution in [2.24, 2.45) is 11.8 Å². The van der Waals surface area contributed by atoms with Gasteiger partial charge in [-0.15, -0.1) is 0 Å². The van der Waals surface area contributed by atoms with Crippen LogP contribution < -0.4 is 5.32 Å². The standard InChI is InChI=1S/C21H28N2O3/c1-3-25-21(26-4-2)18(15-9-5-6-10-15)20(24)23-17-13-7-11-16-12-8-14-22-19(16)17/h7-8,11-15,18,21H,3-6,9-10H2,1-2H3,(H,23,24). The number of rotatable bonds is 8. The molecular formula is C21H28N2O3. The molecule has 3 rings (SSSR count). The second-order valence-corrected chi connectivity index (χ2v) is 6.72. The van der Waals surface area contributed by atoms with Crippen molar-refractivity contribution in [2.75, 3.05) is 18.5 Å². The summed E-state index contributed by atoms with van der Waals surface area (Å²) >= 11 is 0. The number of ether oxygens (including phenoxy) is 2. The van der Waals surface area contributed by atoms with Crippen molar-refractivity contribution in [2.45, 2.75) is 45.8 Å². The van der Waals surface area contributed by atoms with Gasteiger partial charge >= 0.3 is 0 Å². The van der Waals surface area contributed by atoms with E-state index in [4.69, 9.17) is 9.47 Å². The molecule has 1 atom stereocenters. The Morgan fingerprint density at radius 3 is 2.54 bits per heavy atom. The highest BCUT2D eigenvalue weighted by Gasteiger charge is 2.38. The molecule has 0 saturated heterocycles. The fraction of sp³-hybridized carbons (Fsp3) is 0.524. The molecule has 1 aromatic heterocycles. The molecule has 0 aliphatic heterocycles. The third-order valence-corrected chi connectivity index (χ3v) is 5.06. The summed E-state index contributed by atoms with van der Waals surface area (Å²) in [4.78, 5) is 17.7. The van der Waals surface area contributed by atoms with Gasteiger partial charge < -0.3 is 14.8 Å². The smallest absolute Gasteiger partial charge is 0.232 e. The van der Waals surface area contributed by atoms with Gasteiger partial charge in [0.15, 0.2) is 6.29 Å². The van der Waals surface area contributed by atoms with Crippen LogP contribution >= 0.6 is 0 Å². The molecule has 1 fully saturated rings. The lowest BCUT2D eigenvalue weighted by molar-refractivity contribution is -0.181. The molecule has 140 valence electrons. The number of carbonyl (C=O) groups excluding carboxylic acids is 1. The van der Waals surface area contributed by atoms with Crippen molar-refractivity contribution < 1.29 is 14.3 Å². The van der Waals surface area contributed by atoms with Gasteiger partial charge in [-0.3, -0.25) is 9.78 Å². The van der Waals surface area contributed by atoms with Gasteiger partial charge in [-0.2, -0.15) is 0 Å². The van der Waals surface area contributed by atoms with Crippen molar-refractivity contribution in [3.8, 4) is 0 Å². The Bertz CT molecular complexity index is 717. The lowest BCUT2D eigenvalue weighted by Crippen LogP contribution is -2.40. The average Bonchev–Trinajstić information content (AvgIpc) is 3.17. The zero-order valence-corrected chi connectivity index (χ0v) is 15.6. The number of hydrogen-bond acceptors (Lipinski definition) is 4. The highest BCUT2D eigenvalue weighted by molar-refractivity contribution is 6.01. The first-order valence-corrected chi connectivity index (χ1v) is 9.62. The minimum Gasteiger partial charge on any atom is -0.352 e. The minimum atomic E-state index is -0.504. The molecule has 1 N–H and O–H groups in total. The highest BCUT2D eigenvalue weighted by atomic mass is 16.7. The first-order valence-electron chi connectivity index (χ1n) is 9.62. The second kappa shape index (κ2) is 9.10. The van der Waals surface area contributed by atoms with Crippen LogP contribution in [0.5, 0.6) is 0 Å². The highest BCUT2D eigenvalue weighted by Crippen LogP contribution is 2.35. The van der Waals surface area contributed by atoms with E-state index >= 15 is 0 Å². The van der Waals surface area contributed by atoms with Crippen molar-refractivity contribution in [3.63, 3.8) is 0 Å². The van der Waals surface area contributed by atoms with Crippen molar-refractivity contribution in [1.82, 2.24) is 4.98 Å². The molecule has 0 bridgehead atoms. The maximum absolute atomic E-state index is 13.2. The number of para-hydroxylation sites is 1. The lowest BCUT2D eigenvalue weighted by atomic mass is 9.89. The molecule has 1 aliphatic rings. The van der Waals surface area contributed by atoms with Crippen molar-refractivity contribution in [1.29, 1.82) is 0 Å². The van der Waals surface area contributed by atoms with E-state index in [1.165, 1.54) is 0 Å². The SMILES string of the molecule is CCOC(OCC)C(C(=O)Nc1cccc2cccnc12)C1CCCC1. The predicted molar refractivity (Wildman–Crippen MR) is 103 cm³/mol. The fourth-order valence-electron chi connectivity index (χ4n) is 3.88. The molecular weight excluding hydrogens is 328 g/mol. The summed E-state index contributed by atoms with van der Waals surface area (Å²) < 4.78 is 11.6. The van der Waals surface area contributed by atoms with Gasteiger partial charge in [-0.25, -0.2) is 0 Å². The number of hydrogen-bond donors (Lipinski definition) is 1. The lowest BCUT2D eigenvalue weighted by Gasteiger charge is -2.30. The third-order valence-electron chi connectivity index (χ3n) is 5.06. The van der Waals surface area contributed by atoms with E-state index in [0.29, 0.717) is 19.1 Å². The van der Waals surface area contributed by atoms with Crippen LogP contribution in [-0.4, -0.2) is 30.4 Å². The van der Waals surface area contributed by atoms with Gasteiger partial charge in [0.1, 0.15) is 0 Å². The van der Waals surface area contributed by atoms with Crippen LogP contribution in [0.25, 0.3) is 10.9 Å². The maximum Gasteiger partial charge on any atom is 0.232 e. The van der Waals surface area contributed by atoms with Gasteiger partial charge in [-0.1, -0.05) is 31.0 Å². The van der Waals surface area contributed by atoms with E-state index in [2.05, 4.69) is 10.3 Å². The normalized spacial score (nSPS) is 16.3. The van der Waals surface area contributed by atoms with E-state index in [0.717, 1.165) is 42.3 Å². The number of anilines is 1. The van der Waals surface area contributed by atoms with Crippen LogP contribution in [0.1, 0.15) is 39.5 Å². The van der Waals surface area contributed by atoms with Crippen LogP contribution in [-0.2, 0) is 14.3 Å². The molecule has 1 aliphatic carbocycles. The Hall–Kier alpha value is -1.98. The number of aromatic nitrogens is 1. The number of nitrogens with zero attached hydrogens (tertiary/aromatic N) is 1. The average molecular weight is 356 g/mol. The fourth-order valence-corrected chi connectivity index (χ4v) is 3.88. The van der Waals surface area contributed by atoms with Gasteiger partial charge in [0.25, 0.3) is 0 Å². The van der Waals surface area contributed by atoms with E-state index < -0.39 is 6.29 Å². The van der Waals surface area contributed by atoms with Gasteiger partial charge in [0.05, 0.1) is 17.1 Å². The molecule has 1 saturated carbocycles. The molecule has 0 spiro atoms. The maximum atomic E-state index is 13.2. The van der Waals surface area contributed by atoms with Crippen LogP contribution in [0.3, 0.4) is 0 Å². The predicted octanol–water partition coefficient (Wildman–Crippen LogP) is 4.38. The summed E-state index contributed by atoms with van der Waals surface area (Å²) in [5, 5.41) is 4.11. The Kier molecular flexibility index (Phi) is 6.58. The molecule has 1 unspecified atom stereocenters. The molecule has 26 heavy (non-hydrogen) atoms. The Balaban J connectivity index is 1.86. The van der Waals surface area contributed by atoms with Crippen molar-refractivity contribution in [3.05, 3.63) is 36.5 Å². The minimum absolute atomic E-state index is 0.0399. The van der Waals surface area contributed by atoms with Gasteiger partial charge in [0, 0.05) is 24.8 Å². The monoisotopic (exact) mass is 356 g/mol. The van der Waals surface area contributed by atoms with E-state index in [-0.39, 0.29) is 11.8 Å². The quantitative estimate of drug-likeness (QED) is 0.713. The Morgan fingerprint density at radius 1 is 1.15 bits per heavy atom. The summed E-state index contributed by atoms with van der Waals surface area (Å²) in [5.74, 6) is -0.0562. The summed E-state index contributed by atoms with van der Waals surface area (Å²) in [5.41, 5.74) is 1.54. The molecule has 2 aromatic rings. The molecule has 5 heteroatoms. The number of benzene rings is 1. The molecule has 1 heterocycles. The summed E-state index contributed by atoms with van der Waals surface area (Å²) in [6.45, 7) is 4.92. The van der Waals surface area contributed by atoms with E-state index in [9.17, 15) is 4.79 Å². The molecule has 0 radical (unpaired) electrons. The number of pyridine rings is 1. The first-order chi connectivity index (χ1) is 12.7.